The van der Waals surface area contributed by atoms with Gasteiger partial charge >= 0.3 is 0 Å². The standard InChI is InChI=1S/C16H22N4/c1-11-14(12-8-6-5-7-9-12)18-13(10-16(2,3)4)19-15(11)20-17/h5-9H,10,17H2,1-4H3,(H,18,19,20). The zero-order valence-corrected chi connectivity index (χ0v) is 12.6. The largest absolute Gasteiger partial charge is 0.308 e. The summed E-state index contributed by atoms with van der Waals surface area (Å²) in [6.45, 7) is 8.51. The second kappa shape index (κ2) is 5.59. The van der Waals surface area contributed by atoms with Crippen molar-refractivity contribution in [2.24, 2.45) is 11.3 Å². The summed E-state index contributed by atoms with van der Waals surface area (Å²) < 4.78 is 0. The van der Waals surface area contributed by atoms with Crippen LogP contribution in [0.2, 0.25) is 0 Å². The normalized spacial score (nSPS) is 11.4. The number of hydrazine groups is 1. The summed E-state index contributed by atoms with van der Waals surface area (Å²) in [6, 6.07) is 10.1. The molecule has 0 saturated carbocycles. The number of hydrogen-bond donors (Lipinski definition) is 2. The minimum atomic E-state index is 0.134. The summed E-state index contributed by atoms with van der Waals surface area (Å²) in [5.41, 5.74) is 5.80. The quantitative estimate of drug-likeness (QED) is 0.663. The number of benzene rings is 1. The molecule has 2 aromatic rings. The van der Waals surface area contributed by atoms with E-state index in [-0.39, 0.29) is 5.41 Å². The number of anilines is 1. The molecule has 0 radical (unpaired) electrons. The summed E-state index contributed by atoms with van der Waals surface area (Å²) in [5.74, 6) is 7.10. The Morgan fingerprint density at radius 3 is 2.30 bits per heavy atom. The summed E-state index contributed by atoms with van der Waals surface area (Å²) >= 11 is 0. The molecule has 0 spiro atoms. The molecule has 106 valence electrons. The molecule has 3 N–H and O–H groups in total. The van der Waals surface area contributed by atoms with Gasteiger partial charge in [-0.15, -0.1) is 0 Å². The Balaban J connectivity index is 2.53. The lowest BCUT2D eigenvalue weighted by atomic mass is 9.92. The minimum absolute atomic E-state index is 0.134. The van der Waals surface area contributed by atoms with Crippen molar-refractivity contribution in [2.45, 2.75) is 34.1 Å². The highest BCUT2D eigenvalue weighted by Gasteiger charge is 2.17. The molecular formula is C16H22N4. The van der Waals surface area contributed by atoms with Crippen LogP contribution in [-0.2, 0) is 6.42 Å². The van der Waals surface area contributed by atoms with Crippen LogP contribution in [0, 0.1) is 12.3 Å². The molecule has 0 aliphatic carbocycles. The van der Waals surface area contributed by atoms with Crippen molar-refractivity contribution in [2.75, 3.05) is 5.43 Å². The van der Waals surface area contributed by atoms with Crippen molar-refractivity contribution in [1.29, 1.82) is 0 Å². The SMILES string of the molecule is Cc1c(NN)nc(CC(C)(C)C)nc1-c1ccccc1. The average Bonchev–Trinajstić information content (AvgIpc) is 2.40. The van der Waals surface area contributed by atoms with Crippen LogP contribution >= 0.6 is 0 Å². The Bertz CT molecular complexity index is 585. The molecule has 0 saturated heterocycles. The fourth-order valence-electron chi connectivity index (χ4n) is 2.13. The molecule has 1 aromatic heterocycles. The first-order valence-electron chi connectivity index (χ1n) is 6.80. The smallest absolute Gasteiger partial charge is 0.147 e. The predicted molar refractivity (Wildman–Crippen MR) is 83.2 cm³/mol. The summed E-state index contributed by atoms with van der Waals surface area (Å²) in [7, 11) is 0. The number of hydrogen-bond acceptors (Lipinski definition) is 4. The van der Waals surface area contributed by atoms with Gasteiger partial charge in [-0.1, -0.05) is 51.1 Å². The van der Waals surface area contributed by atoms with Gasteiger partial charge in [0.25, 0.3) is 0 Å². The summed E-state index contributed by atoms with van der Waals surface area (Å²) in [6.07, 6.45) is 0.807. The van der Waals surface area contributed by atoms with E-state index >= 15 is 0 Å². The lowest BCUT2D eigenvalue weighted by Crippen LogP contribution is -2.17. The van der Waals surface area contributed by atoms with Crippen LogP contribution in [0.25, 0.3) is 11.3 Å². The second-order valence-electron chi connectivity index (χ2n) is 6.21. The molecule has 0 unspecified atom stereocenters. The maximum absolute atomic E-state index is 5.59. The molecule has 0 fully saturated rings. The Kier molecular flexibility index (Phi) is 4.04. The number of nitrogens with one attached hydrogen (secondary N) is 1. The lowest BCUT2D eigenvalue weighted by molar-refractivity contribution is 0.401. The van der Waals surface area contributed by atoms with Crippen molar-refractivity contribution in [1.82, 2.24) is 9.97 Å². The Morgan fingerprint density at radius 1 is 1.10 bits per heavy atom. The van der Waals surface area contributed by atoms with E-state index in [1.807, 2.05) is 25.1 Å². The van der Waals surface area contributed by atoms with Crippen LogP contribution in [0.5, 0.6) is 0 Å². The second-order valence-corrected chi connectivity index (χ2v) is 6.21. The van der Waals surface area contributed by atoms with Gasteiger partial charge in [0, 0.05) is 17.5 Å². The number of nitrogens with zero attached hydrogens (tertiary/aromatic N) is 2. The molecule has 0 aliphatic rings. The van der Waals surface area contributed by atoms with Gasteiger partial charge in [0.15, 0.2) is 0 Å². The van der Waals surface area contributed by atoms with Crippen molar-refractivity contribution >= 4 is 5.82 Å². The van der Waals surface area contributed by atoms with Gasteiger partial charge in [-0.25, -0.2) is 15.8 Å². The maximum atomic E-state index is 5.59. The van der Waals surface area contributed by atoms with Gasteiger partial charge in [0.1, 0.15) is 11.6 Å². The third-order valence-corrected chi connectivity index (χ3v) is 3.06. The number of nitrogens with two attached hydrogens (primary N) is 1. The zero-order chi connectivity index (χ0) is 14.8. The average molecular weight is 270 g/mol. The fraction of sp³-hybridized carbons (Fsp3) is 0.375. The minimum Gasteiger partial charge on any atom is -0.308 e. The highest BCUT2D eigenvalue weighted by Crippen LogP contribution is 2.27. The summed E-state index contributed by atoms with van der Waals surface area (Å²) in [5, 5.41) is 0. The molecule has 0 aliphatic heterocycles. The topological polar surface area (TPSA) is 63.8 Å². The first-order valence-corrected chi connectivity index (χ1v) is 6.80. The molecule has 0 bridgehead atoms. The maximum Gasteiger partial charge on any atom is 0.147 e. The van der Waals surface area contributed by atoms with Crippen molar-refractivity contribution < 1.29 is 0 Å². The molecule has 4 nitrogen and oxygen atoms in total. The Morgan fingerprint density at radius 2 is 1.75 bits per heavy atom. The van der Waals surface area contributed by atoms with E-state index in [0.29, 0.717) is 5.82 Å². The molecule has 20 heavy (non-hydrogen) atoms. The third kappa shape index (κ3) is 3.33. The first-order chi connectivity index (χ1) is 9.40. The summed E-state index contributed by atoms with van der Waals surface area (Å²) in [4.78, 5) is 9.24. The van der Waals surface area contributed by atoms with Gasteiger partial charge in [0.2, 0.25) is 0 Å². The van der Waals surface area contributed by atoms with Crippen LogP contribution in [0.4, 0.5) is 5.82 Å². The molecule has 1 heterocycles. The Labute approximate surface area is 120 Å². The highest BCUT2D eigenvalue weighted by molar-refractivity contribution is 5.67. The van der Waals surface area contributed by atoms with Gasteiger partial charge in [0.05, 0.1) is 5.69 Å². The highest BCUT2D eigenvalue weighted by atomic mass is 15.3. The van der Waals surface area contributed by atoms with Crippen LogP contribution in [-0.4, -0.2) is 9.97 Å². The fourth-order valence-corrected chi connectivity index (χ4v) is 2.13. The van der Waals surface area contributed by atoms with E-state index in [0.717, 1.165) is 29.1 Å². The van der Waals surface area contributed by atoms with E-state index in [4.69, 9.17) is 10.8 Å². The van der Waals surface area contributed by atoms with Crippen LogP contribution < -0.4 is 11.3 Å². The van der Waals surface area contributed by atoms with Gasteiger partial charge in [-0.3, -0.25) is 0 Å². The molecule has 1 aromatic carbocycles. The first kappa shape index (κ1) is 14.5. The third-order valence-electron chi connectivity index (χ3n) is 3.06. The molecule has 0 atom stereocenters. The van der Waals surface area contributed by atoms with Crippen molar-refractivity contribution in [3.8, 4) is 11.3 Å². The van der Waals surface area contributed by atoms with Gasteiger partial charge < -0.3 is 5.43 Å². The van der Waals surface area contributed by atoms with E-state index in [2.05, 4.69) is 43.3 Å². The van der Waals surface area contributed by atoms with E-state index < -0.39 is 0 Å². The van der Waals surface area contributed by atoms with Crippen LogP contribution in [0.15, 0.2) is 30.3 Å². The molecule has 0 amide bonds. The van der Waals surface area contributed by atoms with E-state index in [1.165, 1.54) is 0 Å². The van der Waals surface area contributed by atoms with Crippen molar-refractivity contribution in [3.05, 3.63) is 41.7 Å². The van der Waals surface area contributed by atoms with Gasteiger partial charge in [-0.05, 0) is 12.3 Å². The van der Waals surface area contributed by atoms with Crippen LogP contribution in [0.3, 0.4) is 0 Å². The monoisotopic (exact) mass is 270 g/mol. The van der Waals surface area contributed by atoms with E-state index in [9.17, 15) is 0 Å². The van der Waals surface area contributed by atoms with Crippen LogP contribution in [0.1, 0.15) is 32.2 Å². The predicted octanol–water partition coefficient (Wildman–Crippen LogP) is 3.33. The molecular weight excluding hydrogens is 248 g/mol. The zero-order valence-electron chi connectivity index (χ0n) is 12.6. The van der Waals surface area contributed by atoms with Gasteiger partial charge in [-0.2, -0.15) is 0 Å². The molecule has 2 rings (SSSR count). The number of rotatable bonds is 3. The Hall–Kier alpha value is -1.94. The lowest BCUT2D eigenvalue weighted by Gasteiger charge is -2.19. The molecule has 4 heteroatoms. The van der Waals surface area contributed by atoms with E-state index in [1.54, 1.807) is 0 Å². The number of nitrogen functional groups attached to an aromatic ring is 1. The van der Waals surface area contributed by atoms with Crippen molar-refractivity contribution in [3.63, 3.8) is 0 Å². The number of aromatic nitrogens is 2.